The van der Waals surface area contributed by atoms with E-state index in [1.807, 2.05) is 0 Å². The third-order valence-corrected chi connectivity index (χ3v) is 3.39. The number of hydrogen-bond acceptors (Lipinski definition) is 3. The maximum Gasteiger partial charge on any atom is 0.0671 e. The van der Waals surface area contributed by atoms with E-state index < -0.39 is 5.60 Å². The lowest BCUT2D eigenvalue weighted by Gasteiger charge is -2.31. The highest BCUT2D eigenvalue weighted by molar-refractivity contribution is 4.83. The molecule has 0 aromatic rings. The Balaban J connectivity index is 2.40. The summed E-state index contributed by atoms with van der Waals surface area (Å²) in [4.78, 5) is 0. The number of methoxy groups -OCH3 is 1. The van der Waals surface area contributed by atoms with Crippen LogP contribution in [-0.2, 0) is 9.47 Å². The van der Waals surface area contributed by atoms with Crippen molar-refractivity contribution < 1.29 is 14.6 Å². The molecular weight excluding hydrogens is 192 g/mol. The zero-order valence-corrected chi connectivity index (χ0v) is 10.2. The van der Waals surface area contributed by atoms with Crippen LogP contribution >= 0.6 is 0 Å². The molecule has 0 amide bonds. The van der Waals surface area contributed by atoms with Gasteiger partial charge >= 0.3 is 0 Å². The van der Waals surface area contributed by atoms with Gasteiger partial charge in [-0.3, -0.25) is 0 Å². The highest BCUT2D eigenvalue weighted by atomic mass is 16.5. The minimum Gasteiger partial charge on any atom is -0.390 e. The number of rotatable bonds is 4. The Morgan fingerprint density at radius 2 is 2.07 bits per heavy atom. The molecular formula is C12H24O3. The second-order valence-electron chi connectivity index (χ2n) is 5.15. The van der Waals surface area contributed by atoms with Gasteiger partial charge in [0.25, 0.3) is 0 Å². The van der Waals surface area contributed by atoms with Gasteiger partial charge in [0, 0.05) is 20.3 Å². The molecule has 0 bridgehead atoms. The zero-order valence-electron chi connectivity index (χ0n) is 10.2. The minimum atomic E-state index is -0.535. The quantitative estimate of drug-likeness (QED) is 0.782. The average molecular weight is 216 g/mol. The average Bonchev–Trinajstić information content (AvgIpc) is 2.42. The molecule has 0 spiro atoms. The topological polar surface area (TPSA) is 38.7 Å². The monoisotopic (exact) mass is 216 g/mol. The molecule has 3 nitrogen and oxygen atoms in total. The van der Waals surface area contributed by atoms with Crippen molar-refractivity contribution >= 4 is 0 Å². The van der Waals surface area contributed by atoms with E-state index in [1.54, 1.807) is 7.11 Å². The van der Waals surface area contributed by atoms with Crippen LogP contribution in [0, 0.1) is 0 Å². The third kappa shape index (κ3) is 4.49. The van der Waals surface area contributed by atoms with Gasteiger partial charge in [-0.25, -0.2) is 0 Å². The smallest absolute Gasteiger partial charge is 0.0671 e. The van der Waals surface area contributed by atoms with Crippen molar-refractivity contribution in [3.8, 4) is 0 Å². The fourth-order valence-electron chi connectivity index (χ4n) is 1.88. The van der Waals surface area contributed by atoms with Gasteiger partial charge in [-0.1, -0.05) is 0 Å². The summed E-state index contributed by atoms with van der Waals surface area (Å²) in [5, 5.41) is 10.4. The molecule has 1 fully saturated rings. The van der Waals surface area contributed by atoms with Crippen LogP contribution < -0.4 is 0 Å². The van der Waals surface area contributed by atoms with Crippen LogP contribution in [0.1, 0.15) is 46.0 Å². The van der Waals surface area contributed by atoms with Crippen LogP contribution in [0.25, 0.3) is 0 Å². The maximum atomic E-state index is 10.4. The summed E-state index contributed by atoms with van der Waals surface area (Å²) in [6, 6.07) is 0. The lowest BCUT2D eigenvalue weighted by Crippen LogP contribution is -2.33. The minimum absolute atomic E-state index is 0.136. The lowest BCUT2D eigenvalue weighted by atomic mass is 9.86. The maximum absolute atomic E-state index is 10.4. The first-order valence-electron chi connectivity index (χ1n) is 5.83. The summed E-state index contributed by atoms with van der Waals surface area (Å²) in [6.45, 7) is 5.59. The first-order chi connectivity index (χ1) is 6.97. The van der Waals surface area contributed by atoms with Crippen molar-refractivity contribution in [2.24, 2.45) is 0 Å². The molecule has 0 aliphatic carbocycles. The van der Waals surface area contributed by atoms with Crippen molar-refractivity contribution in [2.75, 3.05) is 20.3 Å². The van der Waals surface area contributed by atoms with Crippen LogP contribution in [0.3, 0.4) is 0 Å². The Morgan fingerprint density at radius 1 is 1.33 bits per heavy atom. The first kappa shape index (κ1) is 12.9. The van der Waals surface area contributed by atoms with Crippen LogP contribution in [0.5, 0.6) is 0 Å². The van der Waals surface area contributed by atoms with E-state index in [0.29, 0.717) is 6.61 Å². The summed E-state index contributed by atoms with van der Waals surface area (Å²) < 4.78 is 10.7. The van der Waals surface area contributed by atoms with Crippen molar-refractivity contribution in [1.29, 1.82) is 0 Å². The Bertz CT molecular complexity index is 181. The fraction of sp³-hybridized carbons (Fsp3) is 1.00. The molecule has 0 radical (unpaired) electrons. The Labute approximate surface area is 92.8 Å². The number of aliphatic hydroxyl groups is 1. The van der Waals surface area contributed by atoms with Crippen molar-refractivity contribution in [1.82, 2.24) is 0 Å². The highest BCUT2D eigenvalue weighted by Crippen LogP contribution is 2.29. The summed E-state index contributed by atoms with van der Waals surface area (Å²) in [5.41, 5.74) is -0.671. The van der Waals surface area contributed by atoms with E-state index >= 15 is 0 Å². The summed E-state index contributed by atoms with van der Waals surface area (Å²) in [7, 11) is 1.72. The van der Waals surface area contributed by atoms with Crippen LogP contribution in [-0.4, -0.2) is 36.6 Å². The molecule has 1 rings (SSSR count). The van der Waals surface area contributed by atoms with Gasteiger partial charge in [0.15, 0.2) is 0 Å². The molecule has 1 unspecified atom stereocenters. The molecule has 0 aromatic carbocycles. The molecule has 1 atom stereocenters. The SMILES string of the molecule is COC(C)(C)CCC1(O)CCCOCC1. The van der Waals surface area contributed by atoms with E-state index in [-0.39, 0.29) is 5.60 Å². The first-order valence-corrected chi connectivity index (χ1v) is 5.83. The van der Waals surface area contributed by atoms with Gasteiger partial charge in [0.05, 0.1) is 11.2 Å². The van der Waals surface area contributed by atoms with Gasteiger partial charge in [-0.05, 0) is 46.0 Å². The van der Waals surface area contributed by atoms with E-state index in [2.05, 4.69) is 13.8 Å². The number of ether oxygens (including phenoxy) is 2. The Kier molecular flexibility index (Phi) is 4.56. The lowest BCUT2D eigenvalue weighted by molar-refractivity contribution is -0.0344. The predicted octanol–water partition coefficient (Wildman–Crippen LogP) is 2.12. The van der Waals surface area contributed by atoms with Gasteiger partial charge in [-0.15, -0.1) is 0 Å². The van der Waals surface area contributed by atoms with Gasteiger partial charge in [0.1, 0.15) is 0 Å². The molecule has 3 heteroatoms. The largest absolute Gasteiger partial charge is 0.390 e. The van der Waals surface area contributed by atoms with Crippen molar-refractivity contribution in [3.63, 3.8) is 0 Å². The van der Waals surface area contributed by atoms with E-state index in [4.69, 9.17) is 9.47 Å². The highest BCUT2D eigenvalue weighted by Gasteiger charge is 2.30. The van der Waals surface area contributed by atoms with Crippen molar-refractivity contribution in [3.05, 3.63) is 0 Å². The van der Waals surface area contributed by atoms with Gasteiger partial charge < -0.3 is 14.6 Å². The molecule has 15 heavy (non-hydrogen) atoms. The number of hydrogen-bond donors (Lipinski definition) is 1. The van der Waals surface area contributed by atoms with E-state index in [1.165, 1.54) is 0 Å². The molecule has 0 aromatic heterocycles. The van der Waals surface area contributed by atoms with Crippen LogP contribution in [0.4, 0.5) is 0 Å². The second-order valence-corrected chi connectivity index (χ2v) is 5.15. The normalized spacial score (nSPS) is 28.8. The molecule has 1 heterocycles. The molecule has 1 saturated heterocycles. The molecule has 1 aliphatic heterocycles. The Hall–Kier alpha value is -0.120. The summed E-state index contributed by atoms with van der Waals surface area (Å²) in [6.07, 6.45) is 4.26. The van der Waals surface area contributed by atoms with Gasteiger partial charge in [-0.2, -0.15) is 0 Å². The molecule has 0 saturated carbocycles. The summed E-state index contributed by atoms with van der Waals surface area (Å²) in [5.74, 6) is 0. The van der Waals surface area contributed by atoms with Gasteiger partial charge in [0.2, 0.25) is 0 Å². The standard InChI is InChI=1S/C12H24O3/c1-11(2,14-3)6-7-12(13)5-4-9-15-10-8-12/h13H,4-10H2,1-3H3. The third-order valence-electron chi connectivity index (χ3n) is 3.39. The van der Waals surface area contributed by atoms with Crippen molar-refractivity contribution in [2.45, 2.75) is 57.2 Å². The molecule has 1 N–H and O–H groups in total. The van der Waals surface area contributed by atoms with E-state index in [0.717, 1.165) is 38.7 Å². The van der Waals surface area contributed by atoms with Crippen LogP contribution in [0.15, 0.2) is 0 Å². The zero-order chi connectivity index (χ0) is 11.4. The van der Waals surface area contributed by atoms with Crippen LogP contribution in [0.2, 0.25) is 0 Å². The predicted molar refractivity (Wildman–Crippen MR) is 59.9 cm³/mol. The fourth-order valence-corrected chi connectivity index (χ4v) is 1.88. The molecule has 90 valence electrons. The van der Waals surface area contributed by atoms with E-state index in [9.17, 15) is 5.11 Å². The second kappa shape index (κ2) is 5.28. The summed E-state index contributed by atoms with van der Waals surface area (Å²) >= 11 is 0. The molecule has 1 aliphatic rings. The Morgan fingerprint density at radius 3 is 2.73 bits per heavy atom.